The fourth-order valence-electron chi connectivity index (χ4n) is 8.49. The van der Waals surface area contributed by atoms with Gasteiger partial charge in [0.05, 0.1) is 0 Å². The SMILES string of the molecule is CC(C)(C)c1ccc(-c2c3ccccc3c(-c3ccc(-c4cc5c(c6ccccc46)-c4ccccc4C5(C)C)cc3)c3ccccc23)cc1. The molecular weight excluding hydrogens is 589 g/mol. The Morgan fingerprint density at radius 1 is 0.367 bits per heavy atom. The van der Waals surface area contributed by atoms with Crippen LogP contribution in [0.3, 0.4) is 0 Å². The van der Waals surface area contributed by atoms with Gasteiger partial charge in [0.1, 0.15) is 0 Å². The van der Waals surface area contributed by atoms with Crippen LogP contribution in [0.25, 0.3) is 76.8 Å². The van der Waals surface area contributed by atoms with Crippen LogP contribution in [0.1, 0.15) is 51.3 Å². The number of rotatable bonds is 3. The highest BCUT2D eigenvalue weighted by atomic mass is 14.4. The van der Waals surface area contributed by atoms with Crippen molar-refractivity contribution in [2.24, 2.45) is 0 Å². The van der Waals surface area contributed by atoms with Crippen LogP contribution in [0, 0.1) is 0 Å². The molecule has 0 saturated carbocycles. The number of hydrogen-bond acceptors (Lipinski definition) is 0. The average molecular weight is 629 g/mol. The van der Waals surface area contributed by atoms with Crippen LogP contribution in [0.4, 0.5) is 0 Å². The average Bonchev–Trinajstić information content (AvgIpc) is 3.36. The van der Waals surface area contributed by atoms with Crippen LogP contribution in [0.15, 0.2) is 152 Å². The number of benzene rings is 8. The Bertz CT molecular complexity index is 2510. The lowest BCUT2D eigenvalue weighted by atomic mass is 9.80. The Kier molecular flexibility index (Phi) is 6.52. The fraction of sp³-hybridized carbons (Fsp3) is 0.143. The third-order valence-electron chi connectivity index (χ3n) is 11.0. The van der Waals surface area contributed by atoms with Gasteiger partial charge in [-0.3, -0.25) is 0 Å². The van der Waals surface area contributed by atoms with Crippen molar-refractivity contribution in [1.82, 2.24) is 0 Å². The molecule has 0 saturated heterocycles. The fourth-order valence-corrected chi connectivity index (χ4v) is 8.49. The summed E-state index contributed by atoms with van der Waals surface area (Å²) in [6.07, 6.45) is 0. The first-order valence-electron chi connectivity index (χ1n) is 17.5. The molecule has 1 aliphatic carbocycles. The molecular formula is C49H40. The molecule has 0 fully saturated rings. The van der Waals surface area contributed by atoms with E-state index in [0.29, 0.717) is 0 Å². The molecule has 8 aromatic carbocycles. The van der Waals surface area contributed by atoms with Gasteiger partial charge in [0.25, 0.3) is 0 Å². The Labute approximate surface area is 289 Å². The topological polar surface area (TPSA) is 0 Å². The summed E-state index contributed by atoms with van der Waals surface area (Å²) >= 11 is 0. The molecule has 1 aliphatic rings. The normalized spacial score (nSPS) is 13.6. The van der Waals surface area contributed by atoms with E-state index >= 15 is 0 Å². The molecule has 0 aromatic heterocycles. The first-order valence-corrected chi connectivity index (χ1v) is 17.5. The Balaban J connectivity index is 1.22. The molecule has 0 heteroatoms. The molecule has 0 bridgehead atoms. The van der Waals surface area contributed by atoms with Crippen molar-refractivity contribution in [2.75, 3.05) is 0 Å². The minimum Gasteiger partial charge on any atom is -0.0619 e. The highest BCUT2D eigenvalue weighted by molar-refractivity contribution is 6.21. The van der Waals surface area contributed by atoms with Crippen molar-refractivity contribution < 1.29 is 0 Å². The smallest absolute Gasteiger partial charge is 0.0159 e. The quantitative estimate of drug-likeness (QED) is 0.171. The van der Waals surface area contributed by atoms with E-state index < -0.39 is 0 Å². The molecule has 0 aliphatic heterocycles. The predicted molar refractivity (Wildman–Crippen MR) is 212 cm³/mol. The minimum atomic E-state index is -0.0582. The summed E-state index contributed by atoms with van der Waals surface area (Å²) in [7, 11) is 0. The highest BCUT2D eigenvalue weighted by Crippen LogP contribution is 2.53. The Morgan fingerprint density at radius 2 is 0.776 bits per heavy atom. The van der Waals surface area contributed by atoms with Gasteiger partial charge in [0.2, 0.25) is 0 Å². The molecule has 9 rings (SSSR count). The number of hydrogen-bond donors (Lipinski definition) is 0. The van der Waals surface area contributed by atoms with E-state index in [1.54, 1.807) is 0 Å². The summed E-state index contributed by atoms with van der Waals surface area (Å²) in [5, 5.41) is 7.78. The summed E-state index contributed by atoms with van der Waals surface area (Å²) in [6.45, 7) is 11.6. The van der Waals surface area contributed by atoms with Gasteiger partial charge in [-0.1, -0.05) is 180 Å². The van der Waals surface area contributed by atoms with Gasteiger partial charge >= 0.3 is 0 Å². The molecule has 49 heavy (non-hydrogen) atoms. The Hall–Kier alpha value is -5.46. The van der Waals surface area contributed by atoms with E-state index in [1.165, 1.54) is 93.5 Å². The van der Waals surface area contributed by atoms with E-state index in [0.717, 1.165) is 0 Å². The third kappa shape index (κ3) is 4.51. The zero-order valence-electron chi connectivity index (χ0n) is 28.9. The molecule has 0 atom stereocenters. The van der Waals surface area contributed by atoms with Crippen LogP contribution < -0.4 is 0 Å². The summed E-state index contributed by atoms with van der Waals surface area (Å²) in [6, 6.07) is 56.8. The molecule has 0 N–H and O–H groups in total. The van der Waals surface area contributed by atoms with Crippen LogP contribution in [0.2, 0.25) is 0 Å². The highest BCUT2D eigenvalue weighted by Gasteiger charge is 2.37. The predicted octanol–water partition coefficient (Wildman–Crippen LogP) is 13.8. The zero-order valence-corrected chi connectivity index (χ0v) is 28.9. The van der Waals surface area contributed by atoms with Crippen molar-refractivity contribution in [3.8, 4) is 44.5 Å². The van der Waals surface area contributed by atoms with E-state index in [4.69, 9.17) is 0 Å². The van der Waals surface area contributed by atoms with Gasteiger partial charge in [-0.05, 0) is 105 Å². The van der Waals surface area contributed by atoms with Crippen LogP contribution in [0.5, 0.6) is 0 Å². The summed E-state index contributed by atoms with van der Waals surface area (Å²) in [4.78, 5) is 0. The molecule has 0 unspecified atom stereocenters. The lowest BCUT2D eigenvalue weighted by molar-refractivity contribution is 0.590. The Morgan fingerprint density at radius 3 is 1.29 bits per heavy atom. The van der Waals surface area contributed by atoms with Crippen molar-refractivity contribution in [3.63, 3.8) is 0 Å². The molecule has 0 radical (unpaired) electrons. The lowest BCUT2D eigenvalue weighted by Crippen LogP contribution is -2.15. The first-order chi connectivity index (χ1) is 23.7. The van der Waals surface area contributed by atoms with Crippen molar-refractivity contribution in [2.45, 2.75) is 45.4 Å². The van der Waals surface area contributed by atoms with Crippen LogP contribution in [-0.4, -0.2) is 0 Å². The second kappa shape index (κ2) is 10.8. The molecule has 8 aromatic rings. The van der Waals surface area contributed by atoms with E-state index in [-0.39, 0.29) is 10.8 Å². The summed E-state index contributed by atoms with van der Waals surface area (Å²) in [5.74, 6) is 0. The minimum absolute atomic E-state index is 0.0582. The molecule has 0 spiro atoms. The second-order valence-electron chi connectivity index (χ2n) is 15.3. The van der Waals surface area contributed by atoms with Crippen molar-refractivity contribution in [1.29, 1.82) is 0 Å². The third-order valence-corrected chi connectivity index (χ3v) is 11.0. The largest absolute Gasteiger partial charge is 0.0619 e. The first kappa shape index (κ1) is 29.7. The van der Waals surface area contributed by atoms with E-state index in [2.05, 4.69) is 186 Å². The van der Waals surface area contributed by atoms with Crippen LogP contribution >= 0.6 is 0 Å². The van der Waals surface area contributed by atoms with Crippen molar-refractivity contribution >= 4 is 32.3 Å². The van der Waals surface area contributed by atoms with Gasteiger partial charge in [-0.25, -0.2) is 0 Å². The molecule has 0 nitrogen and oxygen atoms in total. The van der Waals surface area contributed by atoms with Crippen molar-refractivity contribution in [3.05, 3.63) is 168 Å². The van der Waals surface area contributed by atoms with Gasteiger partial charge in [0.15, 0.2) is 0 Å². The zero-order chi connectivity index (χ0) is 33.5. The lowest BCUT2D eigenvalue weighted by Gasteiger charge is -2.23. The van der Waals surface area contributed by atoms with Gasteiger partial charge in [-0.2, -0.15) is 0 Å². The summed E-state index contributed by atoms with van der Waals surface area (Å²) in [5.41, 5.74) is 14.6. The molecule has 0 amide bonds. The summed E-state index contributed by atoms with van der Waals surface area (Å²) < 4.78 is 0. The maximum absolute atomic E-state index is 2.47. The maximum Gasteiger partial charge on any atom is 0.0159 e. The van der Waals surface area contributed by atoms with E-state index in [1.807, 2.05) is 0 Å². The maximum atomic E-state index is 2.47. The van der Waals surface area contributed by atoms with Gasteiger partial charge in [-0.15, -0.1) is 0 Å². The monoisotopic (exact) mass is 628 g/mol. The van der Waals surface area contributed by atoms with Crippen LogP contribution in [-0.2, 0) is 10.8 Å². The van der Waals surface area contributed by atoms with Gasteiger partial charge in [0, 0.05) is 5.41 Å². The number of fused-ring (bicyclic) bond motifs is 7. The standard InChI is InChI=1S/C49H40/c1-48(2,3)34-28-26-33(27-29-34)46-39-18-10-8-16-37(39)45(38-17-9-11-19-40(38)46)32-24-22-31(23-25-32)42-30-44-47(36-15-7-6-14-35(36)42)41-20-12-13-21-43(41)49(44,4)5/h6-30H,1-5H3. The second-order valence-corrected chi connectivity index (χ2v) is 15.3. The van der Waals surface area contributed by atoms with Gasteiger partial charge < -0.3 is 0 Å². The molecule has 236 valence electrons. The molecule has 0 heterocycles. The van der Waals surface area contributed by atoms with E-state index in [9.17, 15) is 0 Å².